The normalized spacial score (nSPS) is 18.2. The topological polar surface area (TPSA) is 324 Å². The van der Waals surface area contributed by atoms with E-state index in [9.17, 15) is 53.4 Å². The summed E-state index contributed by atoms with van der Waals surface area (Å²) in [5.74, 6) is -9.46. The zero-order chi connectivity index (χ0) is 38.3. The molecule has 0 aromatic heterocycles. The van der Waals surface area contributed by atoms with Crippen LogP contribution < -0.4 is 32.3 Å². The van der Waals surface area contributed by atoms with E-state index in [2.05, 4.69) is 26.6 Å². The van der Waals surface area contributed by atoms with Gasteiger partial charge in [0.1, 0.15) is 36.3 Å². The molecule has 0 aromatic carbocycles. The van der Waals surface area contributed by atoms with E-state index in [1.165, 1.54) is 18.7 Å². The number of nitrogens with two attached hydrogens (primary N) is 1. The van der Waals surface area contributed by atoms with Gasteiger partial charge in [-0.2, -0.15) is 0 Å². The molecule has 0 spiro atoms. The van der Waals surface area contributed by atoms with Crippen LogP contribution in [0.3, 0.4) is 0 Å². The van der Waals surface area contributed by atoms with Gasteiger partial charge in [0.25, 0.3) is 0 Å². The largest absolute Gasteiger partial charge is 0.481 e. The zero-order valence-corrected chi connectivity index (χ0v) is 28.5. The Balaban J connectivity index is 2.98. The first-order valence-corrected chi connectivity index (χ1v) is 16.2. The van der Waals surface area contributed by atoms with Gasteiger partial charge >= 0.3 is 17.9 Å². The third-order valence-corrected chi connectivity index (χ3v) is 8.19. The first-order valence-electron chi connectivity index (χ1n) is 16.2. The number of aliphatic hydroxyl groups is 1. The SMILES string of the molecule is CC[C@@H](C)[C@@H](NC(=O)[C@@H](CCC(=O)O)NC(=O)[C@@H](CO)NC(=O)[C@@H](C)NC(=O)[C@H]1CCCN1C(=O)[C@H](N)CCC(=O)O)C(=O)N[C@H](C)C(=O)O. The van der Waals surface area contributed by atoms with Gasteiger partial charge in [0.15, 0.2) is 0 Å². The molecule has 0 unspecified atom stereocenters. The van der Waals surface area contributed by atoms with E-state index >= 15 is 0 Å². The monoisotopic (exact) mass is 715 g/mol. The minimum Gasteiger partial charge on any atom is -0.481 e. The standard InChI is InChI=1S/C30H49N7O13/c1-5-14(2)23(28(47)33-16(4)30(49)50)36-25(44)18(9-11-22(41)42)34-26(45)19(13-38)35-24(43)15(3)32-27(46)20-7-6-12-37(20)29(48)17(31)8-10-21(39)40/h14-20,23,38H,5-13,31H2,1-4H3,(H,32,46)(H,33,47)(H,34,45)(H,35,43)(H,36,44)(H,39,40)(H,41,42)(H,49,50)/t14-,15-,16-,17-,18-,19-,20-,23-/m1/s1. The van der Waals surface area contributed by atoms with E-state index < -0.39 is 121 Å². The Morgan fingerprint density at radius 3 is 1.84 bits per heavy atom. The predicted molar refractivity (Wildman–Crippen MR) is 172 cm³/mol. The molecule has 1 saturated heterocycles. The Morgan fingerprint density at radius 1 is 0.740 bits per heavy atom. The molecule has 0 bridgehead atoms. The summed E-state index contributed by atoms with van der Waals surface area (Å²) in [6.07, 6.45) is -0.471. The lowest BCUT2D eigenvalue weighted by molar-refractivity contribution is -0.142. The van der Waals surface area contributed by atoms with Crippen LogP contribution in [0.25, 0.3) is 0 Å². The smallest absolute Gasteiger partial charge is 0.325 e. The summed E-state index contributed by atoms with van der Waals surface area (Å²) >= 11 is 0. The zero-order valence-electron chi connectivity index (χ0n) is 28.5. The maximum absolute atomic E-state index is 13.2. The highest BCUT2D eigenvalue weighted by atomic mass is 16.4. The van der Waals surface area contributed by atoms with Crippen LogP contribution in [0.15, 0.2) is 0 Å². The van der Waals surface area contributed by atoms with Crippen molar-refractivity contribution in [1.29, 1.82) is 0 Å². The van der Waals surface area contributed by atoms with Crippen molar-refractivity contribution in [3.63, 3.8) is 0 Å². The average molecular weight is 716 g/mol. The number of carboxylic acid groups (broad SMARTS) is 3. The van der Waals surface area contributed by atoms with Crippen molar-refractivity contribution < 1.29 is 63.6 Å². The molecular formula is C30H49N7O13. The number of rotatable bonds is 21. The van der Waals surface area contributed by atoms with Gasteiger partial charge in [0.05, 0.1) is 12.6 Å². The fourth-order valence-corrected chi connectivity index (χ4v) is 4.91. The number of aliphatic carboxylic acids is 3. The van der Waals surface area contributed by atoms with Gasteiger partial charge in [-0.25, -0.2) is 0 Å². The highest BCUT2D eigenvalue weighted by molar-refractivity contribution is 5.97. The number of hydrogen-bond acceptors (Lipinski definition) is 11. The summed E-state index contributed by atoms with van der Waals surface area (Å²) in [6, 6.07) is -9.23. The van der Waals surface area contributed by atoms with Gasteiger partial charge in [-0.15, -0.1) is 0 Å². The quantitative estimate of drug-likeness (QED) is 0.0555. The number of carbonyl (C=O) groups is 9. The fourth-order valence-electron chi connectivity index (χ4n) is 4.91. The molecule has 1 aliphatic rings. The van der Waals surface area contributed by atoms with Crippen molar-refractivity contribution in [3.8, 4) is 0 Å². The molecule has 282 valence electrons. The molecule has 0 saturated carbocycles. The Bertz CT molecular complexity index is 1280. The van der Waals surface area contributed by atoms with E-state index in [1.807, 2.05) is 0 Å². The van der Waals surface area contributed by atoms with E-state index in [0.29, 0.717) is 12.8 Å². The molecule has 1 fully saturated rings. The lowest BCUT2D eigenvalue weighted by atomic mass is 9.97. The highest BCUT2D eigenvalue weighted by Crippen LogP contribution is 2.19. The van der Waals surface area contributed by atoms with Crippen LogP contribution in [0.5, 0.6) is 0 Å². The lowest BCUT2D eigenvalue weighted by Gasteiger charge is -2.28. The van der Waals surface area contributed by atoms with E-state index in [0.717, 1.165) is 0 Å². The summed E-state index contributed by atoms with van der Waals surface area (Å²) in [6.45, 7) is 5.02. The molecule has 1 aliphatic heterocycles. The van der Waals surface area contributed by atoms with E-state index in [4.69, 9.17) is 15.9 Å². The molecule has 1 rings (SSSR count). The summed E-state index contributed by atoms with van der Waals surface area (Å²) in [4.78, 5) is 112. The molecule has 50 heavy (non-hydrogen) atoms. The number of carboxylic acids is 3. The Hall–Kier alpha value is -4.85. The number of aliphatic hydroxyl groups excluding tert-OH is 1. The Kier molecular flexibility index (Phi) is 17.8. The minimum absolute atomic E-state index is 0.138. The number of nitrogens with one attached hydrogen (secondary N) is 5. The van der Waals surface area contributed by atoms with Crippen molar-refractivity contribution in [2.75, 3.05) is 13.2 Å². The van der Waals surface area contributed by atoms with E-state index in [1.54, 1.807) is 13.8 Å². The summed E-state index contributed by atoms with van der Waals surface area (Å²) in [5, 5.41) is 48.6. The number of amides is 6. The maximum atomic E-state index is 13.2. The summed E-state index contributed by atoms with van der Waals surface area (Å²) in [5.41, 5.74) is 5.82. The van der Waals surface area contributed by atoms with Crippen molar-refractivity contribution in [1.82, 2.24) is 31.5 Å². The number of carbonyl (C=O) groups excluding carboxylic acids is 6. The van der Waals surface area contributed by atoms with Crippen molar-refractivity contribution >= 4 is 53.4 Å². The van der Waals surface area contributed by atoms with E-state index in [-0.39, 0.29) is 25.8 Å². The molecule has 8 atom stereocenters. The van der Waals surface area contributed by atoms with Crippen LogP contribution in [0.2, 0.25) is 0 Å². The second kappa shape index (κ2) is 20.6. The van der Waals surface area contributed by atoms with Crippen LogP contribution in [-0.4, -0.2) is 134 Å². The van der Waals surface area contributed by atoms with Crippen molar-refractivity contribution in [3.05, 3.63) is 0 Å². The second-order valence-corrected chi connectivity index (χ2v) is 12.1. The molecule has 11 N–H and O–H groups in total. The molecular weight excluding hydrogens is 666 g/mol. The molecule has 20 nitrogen and oxygen atoms in total. The van der Waals surface area contributed by atoms with Crippen molar-refractivity contribution in [2.24, 2.45) is 11.7 Å². The molecule has 0 radical (unpaired) electrons. The van der Waals surface area contributed by atoms with Crippen LogP contribution in [0.1, 0.15) is 72.6 Å². The van der Waals surface area contributed by atoms with Crippen molar-refractivity contribution in [2.45, 2.75) is 115 Å². The van der Waals surface area contributed by atoms with Crippen LogP contribution in [-0.2, 0) is 43.2 Å². The number of nitrogens with zero attached hydrogens (tertiary/aromatic N) is 1. The molecule has 0 aromatic rings. The number of likely N-dealkylation sites (tertiary alicyclic amines) is 1. The van der Waals surface area contributed by atoms with Gasteiger partial charge in [-0.1, -0.05) is 20.3 Å². The van der Waals surface area contributed by atoms with Gasteiger partial charge in [-0.05, 0) is 45.4 Å². The van der Waals surface area contributed by atoms with Crippen LogP contribution >= 0.6 is 0 Å². The Morgan fingerprint density at radius 2 is 1.30 bits per heavy atom. The van der Waals surface area contributed by atoms with Gasteiger partial charge < -0.3 is 57.6 Å². The first-order chi connectivity index (χ1) is 23.3. The van der Waals surface area contributed by atoms with Crippen LogP contribution in [0.4, 0.5) is 0 Å². The third kappa shape index (κ3) is 13.6. The predicted octanol–water partition coefficient (Wildman–Crippen LogP) is -3.38. The minimum atomic E-state index is -1.68. The average Bonchev–Trinajstić information content (AvgIpc) is 3.55. The van der Waals surface area contributed by atoms with Gasteiger partial charge in [0.2, 0.25) is 35.4 Å². The lowest BCUT2D eigenvalue weighted by Crippen LogP contribution is -2.60. The molecule has 1 heterocycles. The second-order valence-electron chi connectivity index (χ2n) is 12.1. The van der Waals surface area contributed by atoms with Gasteiger partial charge in [0, 0.05) is 19.4 Å². The first kappa shape index (κ1) is 43.2. The Labute approximate surface area is 288 Å². The highest BCUT2D eigenvalue weighted by Gasteiger charge is 2.38. The summed E-state index contributed by atoms with van der Waals surface area (Å²) < 4.78 is 0. The van der Waals surface area contributed by atoms with Gasteiger partial charge in [-0.3, -0.25) is 43.2 Å². The third-order valence-electron chi connectivity index (χ3n) is 8.19. The molecule has 20 heteroatoms. The summed E-state index contributed by atoms with van der Waals surface area (Å²) in [7, 11) is 0. The molecule has 0 aliphatic carbocycles. The fraction of sp³-hybridized carbons (Fsp3) is 0.700. The molecule has 6 amide bonds. The van der Waals surface area contributed by atoms with Crippen LogP contribution in [0, 0.1) is 5.92 Å². The number of hydrogen-bond donors (Lipinski definition) is 10. The maximum Gasteiger partial charge on any atom is 0.325 e.